The molecular weight excluding hydrogens is 326 g/mol. The number of hydrogen-bond acceptors (Lipinski definition) is 3. The van der Waals surface area contributed by atoms with Gasteiger partial charge < -0.3 is 10.6 Å². The number of amides is 2. The molecule has 2 aromatic rings. The van der Waals surface area contributed by atoms with Crippen molar-refractivity contribution in [2.75, 3.05) is 26.0 Å². The SMILES string of the molecule is CNC(=O)c1ccc(CN(C)CC(=O)Nc2cccc(Cl)c2)cc1. The third-order valence-corrected chi connectivity index (χ3v) is 3.65. The Balaban J connectivity index is 1.87. The van der Waals surface area contributed by atoms with Gasteiger partial charge in [0.15, 0.2) is 0 Å². The lowest BCUT2D eigenvalue weighted by Crippen LogP contribution is -2.29. The third kappa shape index (κ3) is 5.37. The highest BCUT2D eigenvalue weighted by Gasteiger charge is 2.09. The molecule has 2 N–H and O–H groups in total. The van der Waals surface area contributed by atoms with Gasteiger partial charge >= 0.3 is 0 Å². The predicted molar refractivity (Wildman–Crippen MR) is 96.2 cm³/mol. The number of nitrogens with zero attached hydrogens (tertiary/aromatic N) is 1. The summed E-state index contributed by atoms with van der Waals surface area (Å²) >= 11 is 5.90. The van der Waals surface area contributed by atoms with Crippen molar-refractivity contribution in [3.63, 3.8) is 0 Å². The van der Waals surface area contributed by atoms with Gasteiger partial charge in [0.2, 0.25) is 5.91 Å². The Morgan fingerprint density at radius 1 is 1.12 bits per heavy atom. The van der Waals surface area contributed by atoms with Crippen LogP contribution in [0.4, 0.5) is 5.69 Å². The van der Waals surface area contributed by atoms with E-state index in [-0.39, 0.29) is 18.4 Å². The molecule has 0 radical (unpaired) electrons. The molecule has 0 saturated heterocycles. The lowest BCUT2D eigenvalue weighted by atomic mass is 10.1. The first kappa shape index (κ1) is 18.0. The van der Waals surface area contributed by atoms with E-state index in [9.17, 15) is 9.59 Å². The van der Waals surface area contributed by atoms with Gasteiger partial charge in [-0.2, -0.15) is 0 Å². The van der Waals surface area contributed by atoms with Crippen LogP contribution in [0, 0.1) is 0 Å². The van der Waals surface area contributed by atoms with Crippen LogP contribution in [0.1, 0.15) is 15.9 Å². The first-order valence-electron chi connectivity index (χ1n) is 7.53. The molecule has 0 fully saturated rings. The second-order valence-corrected chi connectivity index (χ2v) is 5.94. The second-order valence-electron chi connectivity index (χ2n) is 5.51. The number of likely N-dealkylation sites (N-methyl/N-ethyl adjacent to an activating group) is 1. The summed E-state index contributed by atoms with van der Waals surface area (Å²) in [6, 6.07) is 14.4. The number of nitrogens with one attached hydrogen (secondary N) is 2. The van der Waals surface area contributed by atoms with Crippen LogP contribution in [0.25, 0.3) is 0 Å². The summed E-state index contributed by atoms with van der Waals surface area (Å²) in [7, 11) is 3.47. The summed E-state index contributed by atoms with van der Waals surface area (Å²) in [5.41, 5.74) is 2.32. The van der Waals surface area contributed by atoms with Crippen LogP contribution in [-0.4, -0.2) is 37.4 Å². The van der Waals surface area contributed by atoms with E-state index in [2.05, 4.69) is 10.6 Å². The molecule has 0 atom stereocenters. The highest BCUT2D eigenvalue weighted by atomic mass is 35.5. The molecule has 0 aliphatic carbocycles. The fourth-order valence-corrected chi connectivity index (χ4v) is 2.48. The van der Waals surface area contributed by atoms with Crippen LogP contribution in [0.3, 0.4) is 0 Å². The van der Waals surface area contributed by atoms with E-state index in [0.29, 0.717) is 22.8 Å². The summed E-state index contributed by atoms with van der Waals surface area (Å²) in [6.45, 7) is 0.862. The van der Waals surface area contributed by atoms with Crippen LogP contribution in [0.5, 0.6) is 0 Å². The zero-order valence-corrected chi connectivity index (χ0v) is 14.4. The molecule has 24 heavy (non-hydrogen) atoms. The topological polar surface area (TPSA) is 61.4 Å². The molecule has 0 unspecified atom stereocenters. The van der Waals surface area contributed by atoms with Gasteiger partial charge in [0.1, 0.15) is 0 Å². The van der Waals surface area contributed by atoms with Crippen molar-refractivity contribution < 1.29 is 9.59 Å². The quantitative estimate of drug-likeness (QED) is 0.846. The fourth-order valence-electron chi connectivity index (χ4n) is 2.29. The zero-order chi connectivity index (χ0) is 17.5. The summed E-state index contributed by atoms with van der Waals surface area (Å²) in [6.07, 6.45) is 0. The Morgan fingerprint density at radius 2 is 1.83 bits per heavy atom. The molecule has 0 spiro atoms. The van der Waals surface area contributed by atoms with Crippen LogP contribution in [-0.2, 0) is 11.3 Å². The minimum atomic E-state index is -0.115. The van der Waals surface area contributed by atoms with Gasteiger partial charge in [-0.1, -0.05) is 29.8 Å². The third-order valence-electron chi connectivity index (χ3n) is 3.42. The maximum absolute atomic E-state index is 12.1. The molecule has 2 aromatic carbocycles. The largest absolute Gasteiger partial charge is 0.355 e. The number of carbonyl (C=O) groups excluding carboxylic acids is 2. The molecular formula is C18H20ClN3O2. The summed E-state index contributed by atoms with van der Waals surface area (Å²) in [5.74, 6) is -0.224. The molecule has 0 aromatic heterocycles. The molecule has 126 valence electrons. The zero-order valence-electron chi connectivity index (χ0n) is 13.7. The lowest BCUT2D eigenvalue weighted by molar-refractivity contribution is -0.117. The standard InChI is InChI=1S/C18H20ClN3O2/c1-20-18(24)14-8-6-13(7-9-14)11-22(2)12-17(23)21-16-5-3-4-15(19)10-16/h3-10H,11-12H2,1-2H3,(H,20,24)(H,21,23). The van der Waals surface area contributed by atoms with E-state index in [1.54, 1.807) is 43.4 Å². The Kier molecular flexibility index (Phi) is 6.35. The van der Waals surface area contributed by atoms with Crippen molar-refractivity contribution in [2.45, 2.75) is 6.54 Å². The molecule has 5 nitrogen and oxygen atoms in total. The van der Waals surface area contributed by atoms with E-state index in [4.69, 9.17) is 11.6 Å². The van der Waals surface area contributed by atoms with Crippen molar-refractivity contribution in [1.29, 1.82) is 0 Å². The first-order valence-corrected chi connectivity index (χ1v) is 7.90. The number of rotatable bonds is 6. The Labute approximate surface area is 146 Å². The van der Waals surface area contributed by atoms with Gasteiger partial charge in [-0.15, -0.1) is 0 Å². The van der Waals surface area contributed by atoms with Crippen LogP contribution in [0.15, 0.2) is 48.5 Å². The van der Waals surface area contributed by atoms with Crippen molar-refractivity contribution in [2.24, 2.45) is 0 Å². The lowest BCUT2D eigenvalue weighted by Gasteiger charge is -2.16. The van der Waals surface area contributed by atoms with Gasteiger partial charge in [0.05, 0.1) is 6.54 Å². The van der Waals surface area contributed by atoms with E-state index < -0.39 is 0 Å². The van der Waals surface area contributed by atoms with Gasteiger partial charge in [0, 0.05) is 29.9 Å². The maximum atomic E-state index is 12.1. The number of anilines is 1. The van der Waals surface area contributed by atoms with E-state index in [0.717, 1.165) is 5.56 Å². The number of hydrogen-bond donors (Lipinski definition) is 2. The van der Waals surface area contributed by atoms with E-state index in [1.807, 2.05) is 24.1 Å². The van der Waals surface area contributed by atoms with Gasteiger partial charge in [0.25, 0.3) is 5.91 Å². The minimum absolute atomic E-state index is 0.109. The van der Waals surface area contributed by atoms with Crippen LogP contribution < -0.4 is 10.6 Å². The average molecular weight is 346 g/mol. The maximum Gasteiger partial charge on any atom is 0.251 e. The van der Waals surface area contributed by atoms with Crippen molar-refractivity contribution in [1.82, 2.24) is 10.2 Å². The first-order chi connectivity index (χ1) is 11.5. The van der Waals surface area contributed by atoms with Gasteiger partial charge in [-0.3, -0.25) is 14.5 Å². The van der Waals surface area contributed by atoms with Crippen LogP contribution in [0.2, 0.25) is 5.02 Å². The smallest absolute Gasteiger partial charge is 0.251 e. The van der Waals surface area contributed by atoms with E-state index >= 15 is 0 Å². The Bertz CT molecular complexity index is 716. The molecule has 6 heteroatoms. The number of halogens is 1. The van der Waals surface area contributed by atoms with Crippen LogP contribution >= 0.6 is 11.6 Å². The van der Waals surface area contributed by atoms with Crippen molar-refractivity contribution in [3.8, 4) is 0 Å². The Morgan fingerprint density at radius 3 is 2.46 bits per heavy atom. The number of carbonyl (C=O) groups is 2. The molecule has 2 amide bonds. The van der Waals surface area contributed by atoms with Crippen molar-refractivity contribution >= 4 is 29.1 Å². The highest BCUT2D eigenvalue weighted by molar-refractivity contribution is 6.30. The minimum Gasteiger partial charge on any atom is -0.355 e. The van der Waals surface area contributed by atoms with Gasteiger partial charge in [-0.05, 0) is 42.9 Å². The highest BCUT2D eigenvalue weighted by Crippen LogP contribution is 2.15. The summed E-state index contributed by atoms with van der Waals surface area (Å²) < 4.78 is 0. The Hall–Kier alpha value is -2.37. The number of benzene rings is 2. The molecule has 0 aliphatic rings. The summed E-state index contributed by atoms with van der Waals surface area (Å²) in [4.78, 5) is 25.5. The normalized spacial score (nSPS) is 10.5. The predicted octanol–water partition coefficient (Wildman–Crippen LogP) is 2.77. The second kappa shape index (κ2) is 8.47. The molecule has 0 aliphatic heterocycles. The van der Waals surface area contributed by atoms with Crippen molar-refractivity contribution in [3.05, 3.63) is 64.7 Å². The average Bonchev–Trinajstić information content (AvgIpc) is 2.54. The molecule has 2 rings (SSSR count). The molecule has 0 saturated carbocycles. The molecule has 0 heterocycles. The monoisotopic (exact) mass is 345 g/mol. The van der Waals surface area contributed by atoms with E-state index in [1.165, 1.54) is 0 Å². The fraction of sp³-hybridized carbons (Fsp3) is 0.222. The molecule has 0 bridgehead atoms. The summed E-state index contributed by atoms with van der Waals surface area (Å²) in [5, 5.41) is 5.98. The van der Waals surface area contributed by atoms with Gasteiger partial charge in [-0.25, -0.2) is 0 Å².